The predicted molar refractivity (Wildman–Crippen MR) is 61.8 cm³/mol. The molecule has 0 radical (unpaired) electrons. The van der Waals surface area contributed by atoms with Crippen molar-refractivity contribution in [2.75, 3.05) is 6.54 Å². The summed E-state index contributed by atoms with van der Waals surface area (Å²) < 4.78 is 0. The lowest BCUT2D eigenvalue weighted by molar-refractivity contribution is -0.140. The van der Waals surface area contributed by atoms with Crippen molar-refractivity contribution in [1.82, 2.24) is 15.5 Å². The first kappa shape index (κ1) is 13.2. The smallest absolute Gasteiger partial charge is 0.308 e. The van der Waals surface area contributed by atoms with Crippen LogP contribution in [-0.4, -0.2) is 33.7 Å². The van der Waals surface area contributed by atoms with E-state index in [0.717, 1.165) is 5.69 Å². The van der Waals surface area contributed by atoms with Crippen LogP contribution in [0.25, 0.3) is 0 Å². The Kier molecular flexibility index (Phi) is 4.25. The van der Waals surface area contributed by atoms with Crippen LogP contribution in [0.5, 0.6) is 0 Å². The zero-order valence-electron chi connectivity index (χ0n) is 10.2. The van der Waals surface area contributed by atoms with E-state index in [1.807, 2.05) is 13.8 Å². The van der Waals surface area contributed by atoms with Gasteiger partial charge in [0.15, 0.2) is 0 Å². The molecule has 0 saturated heterocycles. The van der Waals surface area contributed by atoms with Crippen LogP contribution in [0.4, 0.5) is 0 Å². The predicted octanol–water partition coefficient (Wildman–Crippen LogP) is 0.984. The molecule has 0 saturated carbocycles. The van der Waals surface area contributed by atoms with Crippen LogP contribution < -0.4 is 5.32 Å². The summed E-state index contributed by atoms with van der Waals surface area (Å²) >= 11 is 0. The molecule has 0 spiro atoms. The Morgan fingerprint density at radius 1 is 1.47 bits per heavy atom. The van der Waals surface area contributed by atoms with Gasteiger partial charge < -0.3 is 10.4 Å². The van der Waals surface area contributed by atoms with Gasteiger partial charge in [0.1, 0.15) is 5.69 Å². The fraction of sp³-hybridized carbons (Fsp3) is 0.545. The molecule has 1 heterocycles. The molecule has 3 N–H and O–H groups in total. The van der Waals surface area contributed by atoms with Crippen molar-refractivity contribution in [1.29, 1.82) is 0 Å². The van der Waals surface area contributed by atoms with E-state index in [1.165, 1.54) is 6.92 Å². The minimum Gasteiger partial charge on any atom is -0.481 e. The number of nitrogens with one attached hydrogen (secondary N) is 2. The van der Waals surface area contributed by atoms with Crippen LogP contribution in [0.15, 0.2) is 6.07 Å². The quantitative estimate of drug-likeness (QED) is 0.713. The number of H-pyrrole nitrogens is 1. The Labute approximate surface area is 99.4 Å². The molecule has 1 atom stereocenters. The molecular formula is C11H17N3O3. The fourth-order valence-electron chi connectivity index (χ4n) is 1.17. The zero-order valence-corrected chi connectivity index (χ0v) is 10.2. The monoisotopic (exact) mass is 239 g/mol. The SMILES string of the molecule is CC(CNC(=O)c1cc(C(C)C)[nH]n1)C(=O)O. The molecule has 1 rings (SSSR count). The third kappa shape index (κ3) is 3.58. The molecule has 0 aliphatic rings. The van der Waals surface area contributed by atoms with Crippen molar-refractivity contribution in [3.8, 4) is 0 Å². The topological polar surface area (TPSA) is 95.1 Å². The molecule has 6 heteroatoms. The average molecular weight is 239 g/mol. The maximum absolute atomic E-state index is 11.6. The number of carbonyl (C=O) groups excluding carboxylic acids is 1. The number of carboxylic acids is 1. The van der Waals surface area contributed by atoms with Crippen LogP contribution in [0.2, 0.25) is 0 Å². The second-order valence-electron chi connectivity index (χ2n) is 4.31. The van der Waals surface area contributed by atoms with Gasteiger partial charge >= 0.3 is 5.97 Å². The van der Waals surface area contributed by atoms with Gasteiger partial charge in [-0.2, -0.15) is 5.10 Å². The molecule has 0 bridgehead atoms. The number of nitrogens with zero attached hydrogens (tertiary/aromatic N) is 1. The summed E-state index contributed by atoms with van der Waals surface area (Å²) in [6.45, 7) is 5.61. The van der Waals surface area contributed by atoms with E-state index < -0.39 is 11.9 Å². The maximum Gasteiger partial charge on any atom is 0.308 e. The number of aromatic amines is 1. The van der Waals surface area contributed by atoms with Gasteiger partial charge in [-0.1, -0.05) is 20.8 Å². The summed E-state index contributed by atoms with van der Waals surface area (Å²) in [5, 5.41) is 17.8. The van der Waals surface area contributed by atoms with E-state index in [9.17, 15) is 9.59 Å². The van der Waals surface area contributed by atoms with E-state index in [-0.39, 0.29) is 24.1 Å². The van der Waals surface area contributed by atoms with Crippen LogP contribution in [0.3, 0.4) is 0 Å². The summed E-state index contributed by atoms with van der Waals surface area (Å²) in [6, 6.07) is 1.67. The first-order chi connectivity index (χ1) is 7.91. The first-order valence-corrected chi connectivity index (χ1v) is 5.48. The lowest BCUT2D eigenvalue weighted by Gasteiger charge is -2.06. The maximum atomic E-state index is 11.6. The van der Waals surface area contributed by atoms with E-state index in [4.69, 9.17) is 5.11 Å². The zero-order chi connectivity index (χ0) is 13.0. The number of aromatic nitrogens is 2. The summed E-state index contributed by atoms with van der Waals surface area (Å²) in [4.78, 5) is 22.2. The number of aliphatic carboxylic acids is 1. The van der Waals surface area contributed by atoms with Gasteiger partial charge in [0, 0.05) is 12.2 Å². The molecule has 17 heavy (non-hydrogen) atoms. The van der Waals surface area contributed by atoms with E-state index in [1.54, 1.807) is 6.07 Å². The molecule has 94 valence electrons. The van der Waals surface area contributed by atoms with Crippen molar-refractivity contribution >= 4 is 11.9 Å². The van der Waals surface area contributed by atoms with Gasteiger partial charge in [0.25, 0.3) is 5.91 Å². The van der Waals surface area contributed by atoms with Crippen molar-refractivity contribution in [3.63, 3.8) is 0 Å². The van der Waals surface area contributed by atoms with Crippen LogP contribution >= 0.6 is 0 Å². The van der Waals surface area contributed by atoms with Crippen molar-refractivity contribution in [2.24, 2.45) is 5.92 Å². The number of hydrogen-bond donors (Lipinski definition) is 3. The summed E-state index contributed by atoms with van der Waals surface area (Å²) in [5.74, 6) is -1.64. The molecule has 1 aromatic heterocycles. The summed E-state index contributed by atoms with van der Waals surface area (Å²) in [7, 11) is 0. The highest BCUT2D eigenvalue weighted by molar-refractivity contribution is 5.92. The van der Waals surface area contributed by atoms with E-state index >= 15 is 0 Å². The molecule has 1 unspecified atom stereocenters. The number of carboxylic acid groups (broad SMARTS) is 1. The molecule has 0 aromatic carbocycles. The highest BCUT2D eigenvalue weighted by Crippen LogP contribution is 2.11. The highest BCUT2D eigenvalue weighted by atomic mass is 16.4. The Morgan fingerprint density at radius 3 is 2.59 bits per heavy atom. The van der Waals surface area contributed by atoms with Gasteiger partial charge in [0.2, 0.25) is 0 Å². The lowest BCUT2D eigenvalue weighted by Crippen LogP contribution is -2.31. The summed E-state index contributed by atoms with van der Waals surface area (Å²) in [5.41, 5.74) is 1.16. The van der Waals surface area contributed by atoms with Crippen molar-refractivity contribution in [3.05, 3.63) is 17.5 Å². The summed E-state index contributed by atoms with van der Waals surface area (Å²) in [6.07, 6.45) is 0. The molecule has 1 amide bonds. The molecule has 1 aromatic rings. The minimum atomic E-state index is -0.935. The number of carbonyl (C=O) groups is 2. The number of amides is 1. The Balaban J connectivity index is 2.55. The van der Waals surface area contributed by atoms with Crippen LogP contribution in [0, 0.1) is 5.92 Å². The third-order valence-electron chi connectivity index (χ3n) is 2.44. The molecule has 0 aliphatic carbocycles. The Hall–Kier alpha value is -1.85. The van der Waals surface area contributed by atoms with Crippen molar-refractivity contribution in [2.45, 2.75) is 26.7 Å². The Bertz CT molecular complexity index is 412. The highest BCUT2D eigenvalue weighted by Gasteiger charge is 2.15. The molecule has 0 aliphatic heterocycles. The van der Waals surface area contributed by atoms with Crippen LogP contribution in [0.1, 0.15) is 42.9 Å². The normalized spacial score (nSPS) is 12.5. The first-order valence-electron chi connectivity index (χ1n) is 5.48. The largest absolute Gasteiger partial charge is 0.481 e. The van der Waals surface area contributed by atoms with Crippen molar-refractivity contribution < 1.29 is 14.7 Å². The number of hydrogen-bond acceptors (Lipinski definition) is 3. The second kappa shape index (κ2) is 5.47. The molecule has 6 nitrogen and oxygen atoms in total. The Morgan fingerprint density at radius 2 is 2.12 bits per heavy atom. The van der Waals surface area contributed by atoms with Gasteiger partial charge in [-0.05, 0) is 12.0 Å². The van der Waals surface area contributed by atoms with Gasteiger partial charge in [-0.3, -0.25) is 14.7 Å². The standard InChI is InChI=1S/C11H17N3O3/c1-6(2)8-4-9(14-13-8)10(15)12-5-7(3)11(16)17/h4,6-7H,5H2,1-3H3,(H,12,15)(H,13,14)(H,16,17). The minimum absolute atomic E-state index is 0.0953. The fourth-order valence-corrected chi connectivity index (χ4v) is 1.17. The van der Waals surface area contributed by atoms with Gasteiger partial charge in [0.05, 0.1) is 5.92 Å². The van der Waals surface area contributed by atoms with Gasteiger partial charge in [-0.15, -0.1) is 0 Å². The molecular weight excluding hydrogens is 222 g/mol. The van der Waals surface area contributed by atoms with E-state index in [2.05, 4.69) is 15.5 Å². The lowest BCUT2D eigenvalue weighted by atomic mass is 10.1. The second-order valence-corrected chi connectivity index (χ2v) is 4.31. The van der Waals surface area contributed by atoms with E-state index in [0.29, 0.717) is 0 Å². The number of rotatable bonds is 5. The molecule has 0 fully saturated rings. The van der Waals surface area contributed by atoms with Crippen LogP contribution in [-0.2, 0) is 4.79 Å². The third-order valence-corrected chi connectivity index (χ3v) is 2.44. The average Bonchev–Trinajstić information content (AvgIpc) is 2.74. The van der Waals surface area contributed by atoms with Gasteiger partial charge in [-0.25, -0.2) is 0 Å².